The molecule has 0 saturated carbocycles. The van der Waals surface area contributed by atoms with Gasteiger partial charge in [-0.1, -0.05) is 5.21 Å². The number of alkyl halides is 3. The van der Waals surface area contributed by atoms with E-state index in [4.69, 9.17) is 0 Å². The van der Waals surface area contributed by atoms with E-state index in [1.165, 1.54) is 6.20 Å². The zero-order chi connectivity index (χ0) is 17.5. The molecular formula is C15H12F4N4O. The number of aromatic nitrogens is 4. The third-order valence-electron chi connectivity index (χ3n) is 3.49. The lowest BCUT2D eigenvalue weighted by molar-refractivity contribution is -0.190. The van der Waals surface area contributed by atoms with Gasteiger partial charge in [-0.2, -0.15) is 13.2 Å². The van der Waals surface area contributed by atoms with Crippen LogP contribution in [0.15, 0.2) is 30.6 Å². The first-order chi connectivity index (χ1) is 11.3. The molecule has 0 N–H and O–H groups in total. The molecule has 0 bridgehead atoms. The Kier molecular flexibility index (Phi) is 3.86. The third kappa shape index (κ3) is 3.01. The first-order valence-corrected chi connectivity index (χ1v) is 6.96. The number of halogens is 4. The van der Waals surface area contributed by atoms with Gasteiger partial charge in [-0.3, -0.25) is 0 Å². The minimum atomic E-state index is -4.59. The first kappa shape index (κ1) is 16.2. The summed E-state index contributed by atoms with van der Waals surface area (Å²) < 4.78 is 57.6. The van der Waals surface area contributed by atoms with Gasteiger partial charge in [0, 0.05) is 18.0 Å². The van der Waals surface area contributed by atoms with Crippen molar-refractivity contribution in [2.45, 2.75) is 26.1 Å². The molecule has 0 unspecified atom stereocenters. The highest BCUT2D eigenvalue weighted by molar-refractivity contribution is 5.69. The van der Waals surface area contributed by atoms with Gasteiger partial charge in [0.05, 0.1) is 11.2 Å². The van der Waals surface area contributed by atoms with E-state index >= 15 is 0 Å². The van der Waals surface area contributed by atoms with Gasteiger partial charge in [0.2, 0.25) is 0 Å². The lowest BCUT2D eigenvalue weighted by Gasteiger charge is -2.17. The van der Waals surface area contributed by atoms with Gasteiger partial charge in [-0.05, 0) is 37.6 Å². The van der Waals surface area contributed by atoms with E-state index < -0.39 is 24.0 Å². The average molecular weight is 340 g/mol. The summed E-state index contributed by atoms with van der Waals surface area (Å²) in [6, 6.07) is 4.50. The summed E-state index contributed by atoms with van der Waals surface area (Å²) in [7, 11) is 0. The van der Waals surface area contributed by atoms with E-state index in [-0.39, 0.29) is 0 Å². The van der Waals surface area contributed by atoms with Gasteiger partial charge in [-0.25, -0.2) is 13.9 Å². The maximum atomic E-state index is 14.0. The molecule has 24 heavy (non-hydrogen) atoms. The van der Waals surface area contributed by atoms with Crippen LogP contribution in [0.4, 0.5) is 17.6 Å². The highest BCUT2D eigenvalue weighted by Crippen LogP contribution is 2.28. The Balaban J connectivity index is 1.92. The molecule has 3 aromatic heterocycles. The van der Waals surface area contributed by atoms with Gasteiger partial charge in [-0.15, -0.1) is 5.10 Å². The summed E-state index contributed by atoms with van der Waals surface area (Å²) in [5, 5.41) is 7.81. The molecule has 0 aliphatic carbocycles. The van der Waals surface area contributed by atoms with Crippen LogP contribution in [-0.2, 0) is 0 Å². The lowest BCUT2D eigenvalue weighted by atomic mass is 10.1. The van der Waals surface area contributed by atoms with Gasteiger partial charge >= 0.3 is 6.18 Å². The zero-order valence-electron chi connectivity index (χ0n) is 12.7. The van der Waals surface area contributed by atoms with Crippen LogP contribution in [0, 0.1) is 12.7 Å². The van der Waals surface area contributed by atoms with E-state index in [0.29, 0.717) is 16.8 Å². The Bertz CT molecular complexity index is 891. The van der Waals surface area contributed by atoms with E-state index in [1.54, 1.807) is 29.8 Å². The Hall–Kier alpha value is -2.71. The minimum Gasteiger partial charge on any atom is -0.463 e. The van der Waals surface area contributed by atoms with Crippen molar-refractivity contribution < 1.29 is 22.3 Å². The van der Waals surface area contributed by atoms with Gasteiger partial charge < -0.3 is 4.74 Å². The molecule has 0 saturated heterocycles. The molecule has 0 amide bonds. The molecule has 3 aromatic rings. The SMILES string of the molecule is Cc1nnn2ccc(-c3cnc(O[C@H](C)C(F)(F)F)c(F)c3)cc12. The number of hydrogen-bond donors (Lipinski definition) is 0. The van der Waals surface area contributed by atoms with Crippen molar-refractivity contribution in [2.75, 3.05) is 0 Å². The highest BCUT2D eigenvalue weighted by atomic mass is 19.4. The maximum absolute atomic E-state index is 14.0. The van der Waals surface area contributed by atoms with Crippen molar-refractivity contribution in [3.63, 3.8) is 0 Å². The van der Waals surface area contributed by atoms with Crippen LogP contribution >= 0.6 is 0 Å². The Morgan fingerprint density at radius 1 is 1.21 bits per heavy atom. The van der Waals surface area contributed by atoms with Crippen molar-refractivity contribution in [1.82, 2.24) is 19.8 Å². The lowest BCUT2D eigenvalue weighted by Crippen LogP contribution is -2.31. The number of fused-ring (bicyclic) bond motifs is 1. The summed E-state index contributed by atoms with van der Waals surface area (Å²) in [6.45, 7) is 2.57. The van der Waals surface area contributed by atoms with Crippen LogP contribution < -0.4 is 4.74 Å². The minimum absolute atomic E-state index is 0.405. The van der Waals surface area contributed by atoms with Crippen LogP contribution in [0.5, 0.6) is 5.88 Å². The van der Waals surface area contributed by atoms with E-state index in [9.17, 15) is 17.6 Å². The quantitative estimate of drug-likeness (QED) is 0.684. The fourth-order valence-electron chi connectivity index (χ4n) is 2.09. The molecule has 3 heterocycles. The second-order valence-electron chi connectivity index (χ2n) is 5.23. The second kappa shape index (κ2) is 5.73. The average Bonchev–Trinajstić information content (AvgIpc) is 2.89. The van der Waals surface area contributed by atoms with Crippen LogP contribution in [0.1, 0.15) is 12.6 Å². The van der Waals surface area contributed by atoms with Crippen molar-refractivity contribution in [3.8, 4) is 17.0 Å². The highest BCUT2D eigenvalue weighted by Gasteiger charge is 2.38. The molecule has 0 spiro atoms. The van der Waals surface area contributed by atoms with Crippen LogP contribution in [-0.4, -0.2) is 32.1 Å². The molecule has 0 radical (unpaired) electrons. The van der Waals surface area contributed by atoms with Crippen molar-refractivity contribution in [2.24, 2.45) is 0 Å². The molecular weight excluding hydrogens is 328 g/mol. The van der Waals surface area contributed by atoms with E-state index in [1.807, 2.05) is 0 Å². The molecule has 0 fully saturated rings. The fraction of sp³-hybridized carbons (Fsp3) is 0.267. The van der Waals surface area contributed by atoms with Crippen LogP contribution in [0.3, 0.4) is 0 Å². The largest absolute Gasteiger partial charge is 0.463 e. The Morgan fingerprint density at radius 3 is 2.62 bits per heavy atom. The van der Waals surface area contributed by atoms with Crippen molar-refractivity contribution in [1.29, 1.82) is 0 Å². The third-order valence-corrected chi connectivity index (χ3v) is 3.49. The zero-order valence-corrected chi connectivity index (χ0v) is 12.7. The standard InChI is InChI=1S/C15H12F4N4O/c1-8-13-6-10(3-4-23(13)22-21-8)11-5-12(16)14(20-7-11)24-9(2)15(17,18)19/h3-7,9H,1-2H3/t9-/m1/s1. The number of rotatable bonds is 3. The van der Waals surface area contributed by atoms with E-state index in [0.717, 1.165) is 18.5 Å². The molecule has 0 aromatic carbocycles. The van der Waals surface area contributed by atoms with E-state index in [2.05, 4.69) is 20.0 Å². The van der Waals surface area contributed by atoms with Crippen LogP contribution in [0.25, 0.3) is 16.6 Å². The second-order valence-corrected chi connectivity index (χ2v) is 5.23. The normalized spacial score (nSPS) is 13.2. The summed E-state index contributed by atoms with van der Waals surface area (Å²) >= 11 is 0. The summed E-state index contributed by atoms with van der Waals surface area (Å²) in [6.07, 6.45) is -3.84. The topological polar surface area (TPSA) is 52.3 Å². The Labute approximate surface area is 133 Å². The molecule has 9 heteroatoms. The number of ether oxygens (including phenoxy) is 1. The van der Waals surface area contributed by atoms with Crippen LogP contribution in [0.2, 0.25) is 0 Å². The van der Waals surface area contributed by atoms with Gasteiger partial charge in [0.15, 0.2) is 11.9 Å². The smallest absolute Gasteiger partial charge is 0.425 e. The summed E-state index contributed by atoms with van der Waals surface area (Å²) in [5.41, 5.74) is 2.47. The molecule has 0 aliphatic heterocycles. The van der Waals surface area contributed by atoms with Crippen molar-refractivity contribution >= 4 is 5.52 Å². The number of nitrogens with zero attached hydrogens (tertiary/aromatic N) is 4. The summed E-state index contributed by atoms with van der Waals surface area (Å²) in [4.78, 5) is 3.66. The molecule has 126 valence electrons. The number of hydrogen-bond acceptors (Lipinski definition) is 4. The molecule has 1 atom stereocenters. The molecule has 3 rings (SSSR count). The summed E-state index contributed by atoms with van der Waals surface area (Å²) in [5.74, 6) is -1.65. The monoisotopic (exact) mass is 340 g/mol. The van der Waals surface area contributed by atoms with Crippen molar-refractivity contribution in [3.05, 3.63) is 42.1 Å². The number of aryl methyl sites for hydroxylation is 1. The maximum Gasteiger partial charge on any atom is 0.425 e. The Morgan fingerprint density at radius 2 is 1.96 bits per heavy atom. The molecule has 0 aliphatic rings. The number of pyridine rings is 2. The molecule has 5 nitrogen and oxygen atoms in total. The predicted octanol–water partition coefficient (Wildman–Crippen LogP) is 3.57. The first-order valence-electron chi connectivity index (χ1n) is 6.96. The van der Waals surface area contributed by atoms with Gasteiger partial charge in [0.25, 0.3) is 5.88 Å². The fourth-order valence-corrected chi connectivity index (χ4v) is 2.09. The van der Waals surface area contributed by atoms with Gasteiger partial charge in [0.1, 0.15) is 0 Å². The predicted molar refractivity (Wildman–Crippen MR) is 77.1 cm³/mol.